The van der Waals surface area contributed by atoms with E-state index >= 15 is 0 Å². The number of aromatic nitrogens is 2. The quantitative estimate of drug-likeness (QED) is 0.795. The van der Waals surface area contributed by atoms with Crippen LogP contribution in [0, 0.1) is 11.3 Å². The lowest BCUT2D eigenvalue weighted by Gasteiger charge is -2.08. The molecule has 1 heterocycles. The highest BCUT2D eigenvalue weighted by Gasteiger charge is 2.16. The number of benzene rings is 2. The zero-order valence-electron chi connectivity index (χ0n) is 11.8. The van der Waals surface area contributed by atoms with Crippen LogP contribution in [0.25, 0.3) is 16.8 Å². The summed E-state index contributed by atoms with van der Waals surface area (Å²) in [6.45, 7) is 0. The third kappa shape index (κ3) is 2.68. The second-order valence-corrected chi connectivity index (χ2v) is 5.13. The molecule has 5 nitrogen and oxygen atoms in total. The van der Waals surface area contributed by atoms with Crippen molar-refractivity contribution in [3.63, 3.8) is 0 Å². The molecule has 0 fully saturated rings. The number of carbonyl (C=O) groups is 1. The number of halogens is 1. The van der Waals surface area contributed by atoms with Crippen molar-refractivity contribution in [2.45, 2.75) is 0 Å². The SMILES string of the molecule is N#Cc1cc(-n2ncc(C(=O)O)c2Cl)ccc1-c1ccccc1. The van der Waals surface area contributed by atoms with E-state index in [1.807, 2.05) is 30.3 Å². The summed E-state index contributed by atoms with van der Waals surface area (Å²) in [4.78, 5) is 11.0. The van der Waals surface area contributed by atoms with Crippen molar-refractivity contribution in [2.24, 2.45) is 0 Å². The molecule has 0 spiro atoms. The minimum absolute atomic E-state index is 0.00569. The van der Waals surface area contributed by atoms with Crippen molar-refractivity contribution in [1.82, 2.24) is 9.78 Å². The van der Waals surface area contributed by atoms with Crippen LogP contribution >= 0.6 is 11.6 Å². The summed E-state index contributed by atoms with van der Waals surface area (Å²) in [5.41, 5.74) is 2.61. The Morgan fingerprint density at radius 3 is 2.57 bits per heavy atom. The topological polar surface area (TPSA) is 78.9 Å². The maximum Gasteiger partial charge on any atom is 0.340 e. The highest BCUT2D eigenvalue weighted by Crippen LogP contribution is 2.27. The molecule has 0 bridgehead atoms. The molecule has 0 aliphatic heterocycles. The fourth-order valence-corrected chi connectivity index (χ4v) is 2.55. The number of carboxylic acid groups (broad SMARTS) is 1. The molecule has 3 rings (SSSR count). The first kappa shape index (κ1) is 14.8. The smallest absolute Gasteiger partial charge is 0.340 e. The van der Waals surface area contributed by atoms with Crippen molar-refractivity contribution in [2.75, 3.05) is 0 Å². The van der Waals surface area contributed by atoms with Crippen molar-refractivity contribution < 1.29 is 9.90 Å². The molecular formula is C17H10ClN3O2. The maximum atomic E-state index is 11.0. The van der Waals surface area contributed by atoms with E-state index in [4.69, 9.17) is 16.7 Å². The Morgan fingerprint density at radius 2 is 1.96 bits per heavy atom. The minimum atomic E-state index is -1.15. The van der Waals surface area contributed by atoms with Gasteiger partial charge in [0.05, 0.1) is 23.5 Å². The average molecular weight is 324 g/mol. The summed E-state index contributed by atoms with van der Waals surface area (Å²) in [6, 6.07) is 16.9. The first-order chi connectivity index (χ1) is 11.1. The van der Waals surface area contributed by atoms with Gasteiger partial charge in [0.2, 0.25) is 0 Å². The number of nitriles is 1. The van der Waals surface area contributed by atoms with Crippen LogP contribution in [0.1, 0.15) is 15.9 Å². The van der Waals surface area contributed by atoms with E-state index in [0.717, 1.165) is 11.1 Å². The van der Waals surface area contributed by atoms with E-state index in [1.54, 1.807) is 18.2 Å². The van der Waals surface area contributed by atoms with Crippen LogP contribution in [0.2, 0.25) is 5.15 Å². The van der Waals surface area contributed by atoms with Crippen LogP contribution in [0.15, 0.2) is 54.7 Å². The van der Waals surface area contributed by atoms with Crippen molar-refractivity contribution in [3.8, 4) is 22.9 Å². The van der Waals surface area contributed by atoms with Crippen LogP contribution in [-0.2, 0) is 0 Å². The Labute approximate surface area is 137 Å². The normalized spacial score (nSPS) is 10.3. The van der Waals surface area contributed by atoms with Gasteiger partial charge in [-0.25, -0.2) is 9.48 Å². The van der Waals surface area contributed by atoms with Crippen molar-refractivity contribution in [3.05, 3.63) is 71.0 Å². The standard InChI is InChI=1S/C17H10ClN3O2/c18-16-15(17(22)23)10-20-21(16)13-6-7-14(12(8-13)9-19)11-4-2-1-3-5-11/h1-8,10H,(H,22,23). The number of nitrogens with zero attached hydrogens (tertiary/aromatic N) is 3. The molecule has 0 saturated heterocycles. The fraction of sp³-hybridized carbons (Fsp3) is 0. The molecule has 0 aliphatic rings. The van der Waals surface area contributed by atoms with Crippen molar-refractivity contribution in [1.29, 1.82) is 5.26 Å². The van der Waals surface area contributed by atoms with E-state index in [2.05, 4.69) is 11.2 Å². The van der Waals surface area contributed by atoms with Gasteiger partial charge in [-0.3, -0.25) is 0 Å². The van der Waals surface area contributed by atoms with Gasteiger partial charge in [0.15, 0.2) is 0 Å². The van der Waals surface area contributed by atoms with Crippen molar-refractivity contribution >= 4 is 17.6 Å². The Bertz CT molecular complexity index is 927. The molecule has 0 radical (unpaired) electrons. The van der Waals surface area contributed by atoms with E-state index in [0.29, 0.717) is 11.3 Å². The second-order valence-electron chi connectivity index (χ2n) is 4.77. The lowest BCUT2D eigenvalue weighted by atomic mass is 10.00. The van der Waals surface area contributed by atoms with E-state index < -0.39 is 5.97 Å². The molecular weight excluding hydrogens is 314 g/mol. The predicted molar refractivity (Wildman–Crippen MR) is 85.7 cm³/mol. The fourth-order valence-electron chi connectivity index (χ4n) is 2.28. The van der Waals surface area contributed by atoms with Gasteiger partial charge in [-0.15, -0.1) is 0 Å². The van der Waals surface area contributed by atoms with Crippen LogP contribution in [0.4, 0.5) is 0 Å². The van der Waals surface area contributed by atoms with Crippen LogP contribution in [-0.4, -0.2) is 20.9 Å². The number of hydrogen-bond donors (Lipinski definition) is 1. The van der Waals surface area contributed by atoms with Gasteiger partial charge in [-0.2, -0.15) is 10.4 Å². The maximum absolute atomic E-state index is 11.0. The third-order valence-corrected chi connectivity index (χ3v) is 3.76. The molecule has 0 saturated carbocycles. The Balaban J connectivity index is 2.11. The van der Waals surface area contributed by atoms with Crippen LogP contribution in [0.3, 0.4) is 0 Å². The lowest BCUT2D eigenvalue weighted by Crippen LogP contribution is -2.00. The van der Waals surface area contributed by atoms with Gasteiger partial charge >= 0.3 is 5.97 Å². The Kier molecular flexibility index (Phi) is 3.83. The molecule has 112 valence electrons. The summed E-state index contributed by atoms with van der Waals surface area (Å²) >= 11 is 6.04. The Hall–Kier alpha value is -3.10. The molecule has 2 aromatic carbocycles. The molecule has 0 atom stereocenters. The average Bonchev–Trinajstić information content (AvgIpc) is 2.97. The van der Waals surface area contributed by atoms with E-state index in [-0.39, 0.29) is 10.7 Å². The molecule has 0 aliphatic carbocycles. The van der Waals surface area contributed by atoms with Gasteiger partial charge in [0.1, 0.15) is 10.7 Å². The van der Waals surface area contributed by atoms with E-state index in [1.165, 1.54) is 10.9 Å². The van der Waals surface area contributed by atoms with Gasteiger partial charge in [-0.05, 0) is 23.3 Å². The molecule has 3 aromatic rings. The van der Waals surface area contributed by atoms with Gasteiger partial charge in [0, 0.05) is 0 Å². The summed E-state index contributed by atoms with van der Waals surface area (Å²) in [7, 11) is 0. The van der Waals surface area contributed by atoms with Crippen LogP contribution in [0.5, 0.6) is 0 Å². The first-order valence-corrected chi connectivity index (χ1v) is 7.06. The predicted octanol–water partition coefficient (Wildman–Crippen LogP) is 3.76. The molecule has 23 heavy (non-hydrogen) atoms. The molecule has 6 heteroatoms. The first-order valence-electron chi connectivity index (χ1n) is 6.68. The molecule has 0 amide bonds. The zero-order valence-corrected chi connectivity index (χ0v) is 12.5. The second kappa shape index (κ2) is 5.95. The molecule has 1 aromatic heterocycles. The third-order valence-electron chi connectivity index (χ3n) is 3.39. The number of carboxylic acids is 1. The van der Waals surface area contributed by atoms with E-state index in [9.17, 15) is 10.1 Å². The lowest BCUT2D eigenvalue weighted by molar-refractivity contribution is 0.0697. The number of aromatic carboxylic acids is 1. The monoisotopic (exact) mass is 323 g/mol. The number of hydrogen-bond acceptors (Lipinski definition) is 3. The zero-order chi connectivity index (χ0) is 16.4. The van der Waals surface area contributed by atoms with Crippen LogP contribution < -0.4 is 0 Å². The summed E-state index contributed by atoms with van der Waals surface area (Å²) in [6.07, 6.45) is 1.18. The highest BCUT2D eigenvalue weighted by atomic mass is 35.5. The van der Waals surface area contributed by atoms with Gasteiger partial charge in [-0.1, -0.05) is 48.0 Å². The number of rotatable bonds is 3. The summed E-state index contributed by atoms with van der Waals surface area (Å²) in [5, 5.41) is 22.4. The Morgan fingerprint density at radius 1 is 1.22 bits per heavy atom. The minimum Gasteiger partial charge on any atom is -0.478 e. The highest BCUT2D eigenvalue weighted by molar-refractivity contribution is 6.32. The van der Waals surface area contributed by atoms with Gasteiger partial charge < -0.3 is 5.11 Å². The van der Waals surface area contributed by atoms with Gasteiger partial charge in [0.25, 0.3) is 0 Å². The summed E-state index contributed by atoms with van der Waals surface area (Å²) < 4.78 is 1.29. The summed E-state index contributed by atoms with van der Waals surface area (Å²) in [5.74, 6) is -1.15. The largest absolute Gasteiger partial charge is 0.478 e. The molecule has 0 unspecified atom stereocenters. The molecule has 1 N–H and O–H groups in total.